The summed E-state index contributed by atoms with van der Waals surface area (Å²) in [4.78, 5) is 2.78. The monoisotopic (exact) mass is 652 g/mol. The number of nitrogens with one attached hydrogen (secondary N) is 1. The van der Waals surface area contributed by atoms with Crippen molar-refractivity contribution in [1.29, 1.82) is 0 Å². The lowest BCUT2D eigenvalue weighted by Gasteiger charge is -2.49. The summed E-state index contributed by atoms with van der Waals surface area (Å²) in [6.07, 6.45) is 0.907. The van der Waals surface area contributed by atoms with Gasteiger partial charge in [0.05, 0.1) is 40.5 Å². The molecule has 0 spiro atoms. The van der Waals surface area contributed by atoms with Crippen LogP contribution in [0.2, 0.25) is 5.72 Å². The van der Waals surface area contributed by atoms with E-state index in [9.17, 15) is 8.42 Å². The number of hydrogen-bond donors (Lipinski definition) is 1. The van der Waals surface area contributed by atoms with Gasteiger partial charge in [0.15, 0.2) is 0 Å². The Morgan fingerprint density at radius 2 is 1.26 bits per heavy atom. The van der Waals surface area contributed by atoms with Crippen LogP contribution in [0.1, 0.15) is 90.5 Å². The molecule has 2 heterocycles. The molecule has 0 atom stereocenters. The zero-order valence-corrected chi connectivity index (χ0v) is 30.1. The van der Waals surface area contributed by atoms with Gasteiger partial charge in [0, 0.05) is 16.8 Å². The average molecular weight is 652 g/mol. The van der Waals surface area contributed by atoms with Gasteiger partial charge in [0.1, 0.15) is 0 Å². The molecule has 1 N–H and O–H groups in total. The van der Waals surface area contributed by atoms with Gasteiger partial charge in [-0.15, -0.1) is 0 Å². The second-order valence-corrected chi connectivity index (χ2v) is 17.1. The first-order chi connectivity index (χ1) is 21.2. The molecule has 12 heteroatoms. The fourth-order valence-corrected chi connectivity index (χ4v) is 8.06. The molecule has 9 nitrogen and oxygen atoms in total. The van der Waals surface area contributed by atoms with E-state index in [0.717, 1.165) is 11.1 Å². The molecule has 1 aliphatic carbocycles. The van der Waals surface area contributed by atoms with Gasteiger partial charge in [0.25, 0.3) is 10.0 Å². The van der Waals surface area contributed by atoms with Crippen molar-refractivity contribution < 1.29 is 31.8 Å². The minimum absolute atomic E-state index is 0.256. The molecule has 0 unspecified atom stereocenters. The van der Waals surface area contributed by atoms with Crippen molar-refractivity contribution >= 4 is 30.0 Å². The van der Waals surface area contributed by atoms with Crippen LogP contribution >= 0.6 is 0 Å². The van der Waals surface area contributed by atoms with E-state index in [4.69, 9.17) is 23.4 Å². The molecule has 0 amide bonds. The van der Waals surface area contributed by atoms with Gasteiger partial charge in [-0.2, -0.15) is 13.5 Å². The molecule has 1 saturated carbocycles. The van der Waals surface area contributed by atoms with Crippen LogP contribution in [0.15, 0.2) is 52.5 Å². The standard InChI is InChI=1S/C34H50B2N2O7S/c1-23-17-24(2)28(25(3)18-23)46(39,40)38-37-27-19-34(20-27,22-41-21-26-15-13-12-14-16-26)29(35-42-30(4,5)31(6,7)43-35)36-44-32(8,9)33(10,11)45-36/h12-18,29,38H,19-22H2,1-11H3. The molecule has 2 aromatic carbocycles. The molecule has 0 bridgehead atoms. The van der Waals surface area contributed by atoms with Gasteiger partial charge in [-0.3, -0.25) is 0 Å². The van der Waals surface area contributed by atoms with E-state index >= 15 is 0 Å². The van der Waals surface area contributed by atoms with Gasteiger partial charge >= 0.3 is 14.2 Å². The number of aryl methyl sites for hydroxylation is 3. The van der Waals surface area contributed by atoms with Crippen molar-refractivity contribution in [3.8, 4) is 0 Å². The van der Waals surface area contributed by atoms with Crippen molar-refractivity contribution in [2.75, 3.05) is 6.61 Å². The summed E-state index contributed by atoms with van der Waals surface area (Å²) in [6.45, 7) is 22.6. The lowest BCUT2D eigenvalue weighted by atomic mass is 9.37. The zero-order valence-electron chi connectivity index (χ0n) is 29.3. The summed E-state index contributed by atoms with van der Waals surface area (Å²) in [6, 6.07) is 13.8. The maximum atomic E-state index is 13.4. The maximum absolute atomic E-state index is 13.4. The lowest BCUT2D eigenvalue weighted by molar-refractivity contribution is 0.00578. The van der Waals surface area contributed by atoms with Crippen LogP contribution in [0.3, 0.4) is 0 Å². The first kappa shape index (κ1) is 35.1. The number of sulfonamides is 1. The summed E-state index contributed by atoms with van der Waals surface area (Å²) in [7, 11) is -5.19. The van der Waals surface area contributed by atoms with Crippen LogP contribution in [-0.4, -0.2) is 57.4 Å². The number of benzene rings is 2. The third kappa shape index (κ3) is 6.58. The second-order valence-electron chi connectivity index (χ2n) is 15.5. The molecule has 46 heavy (non-hydrogen) atoms. The lowest BCUT2D eigenvalue weighted by Crippen LogP contribution is -2.56. The van der Waals surface area contributed by atoms with Crippen molar-refractivity contribution in [3.63, 3.8) is 0 Å². The predicted molar refractivity (Wildman–Crippen MR) is 182 cm³/mol. The van der Waals surface area contributed by atoms with Crippen LogP contribution in [0.25, 0.3) is 0 Å². The van der Waals surface area contributed by atoms with E-state index in [1.54, 1.807) is 13.8 Å². The quantitative estimate of drug-likeness (QED) is 0.236. The Kier molecular flexibility index (Phi) is 9.19. The highest BCUT2D eigenvalue weighted by Gasteiger charge is 2.68. The Bertz CT molecular complexity index is 1490. The van der Waals surface area contributed by atoms with Crippen molar-refractivity contribution in [3.05, 3.63) is 64.7 Å². The first-order valence-corrected chi connectivity index (χ1v) is 17.7. The van der Waals surface area contributed by atoms with E-state index < -0.39 is 57.8 Å². The van der Waals surface area contributed by atoms with Crippen LogP contribution in [0.5, 0.6) is 0 Å². The molecule has 0 aromatic heterocycles. The summed E-state index contributed by atoms with van der Waals surface area (Å²) in [5.41, 5.74) is 0.871. The highest BCUT2D eigenvalue weighted by molar-refractivity contribution is 7.89. The molecular formula is C34H50B2N2O7S. The second kappa shape index (κ2) is 12.0. The Morgan fingerprint density at radius 3 is 1.72 bits per heavy atom. The third-order valence-electron chi connectivity index (χ3n) is 10.6. The average Bonchev–Trinajstić information content (AvgIpc) is 3.24. The summed E-state index contributed by atoms with van der Waals surface area (Å²) in [5.74, 6) is 0. The van der Waals surface area contributed by atoms with E-state index in [-0.39, 0.29) is 4.90 Å². The Hall–Kier alpha value is -2.21. The molecule has 2 aliphatic heterocycles. The fourth-order valence-electron chi connectivity index (χ4n) is 6.76. The molecule has 3 aliphatic rings. The molecule has 3 fully saturated rings. The molecule has 250 valence electrons. The zero-order chi connectivity index (χ0) is 33.9. The van der Waals surface area contributed by atoms with Crippen molar-refractivity contribution in [2.45, 2.75) is 129 Å². The van der Waals surface area contributed by atoms with Crippen molar-refractivity contribution in [2.24, 2.45) is 10.5 Å². The van der Waals surface area contributed by atoms with E-state index in [0.29, 0.717) is 42.9 Å². The Labute approximate surface area is 276 Å². The number of hydrazone groups is 1. The summed E-state index contributed by atoms with van der Waals surface area (Å²) < 4.78 is 60.0. The summed E-state index contributed by atoms with van der Waals surface area (Å²) >= 11 is 0. The third-order valence-corrected chi connectivity index (χ3v) is 12.2. The van der Waals surface area contributed by atoms with E-state index in [1.807, 2.05) is 105 Å². The number of hydrogen-bond acceptors (Lipinski definition) is 8. The number of nitrogens with zero attached hydrogens (tertiary/aromatic N) is 1. The molecular weight excluding hydrogens is 602 g/mol. The van der Waals surface area contributed by atoms with Crippen molar-refractivity contribution in [1.82, 2.24) is 4.83 Å². The van der Waals surface area contributed by atoms with Crippen LogP contribution in [-0.2, 0) is 40.0 Å². The van der Waals surface area contributed by atoms with Gasteiger partial charge < -0.3 is 23.4 Å². The predicted octanol–water partition coefficient (Wildman–Crippen LogP) is 6.34. The Morgan fingerprint density at radius 1 is 0.804 bits per heavy atom. The van der Waals surface area contributed by atoms with Gasteiger partial charge in [0.2, 0.25) is 0 Å². The SMILES string of the molecule is Cc1cc(C)c(S(=O)(=O)NN=C2CC(COCc3ccccc3)(C(B3OC(C)(C)C(C)(C)O3)B3OC(C)(C)C(C)(C)O3)C2)c(C)c1. The van der Waals surface area contributed by atoms with Crippen LogP contribution in [0, 0.1) is 26.2 Å². The normalized spacial score (nSPS) is 24.7. The summed E-state index contributed by atoms with van der Waals surface area (Å²) in [5, 5.41) is 4.45. The number of rotatable bonds is 10. The van der Waals surface area contributed by atoms with Gasteiger partial charge in [-0.05, 0) is 106 Å². The minimum atomic E-state index is -3.88. The molecule has 2 aromatic rings. The highest BCUT2D eigenvalue weighted by Crippen LogP contribution is 2.57. The first-order valence-electron chi connectivity index (χ1n) is 16.2. The molecule has 2 saturated heterocycles. The van der Waals surface area contributed by atoms with Crippen LogP contribution in [0.4, 0.5) is 0 Å². The maximum Gasteiger partial charge on any atom is 0.459 e. The Balaban J connectivity index is 1.47. The van der Waals surface area contributed by atoms with Crippen LogP contribution < -0.4 is 4.83 Å². The number of ether oxygens (including phenoxy) is 1. The van der Waals surface area contributed by atoms with Gasteiger partial charge in [-0.25, -0.2) is 4.83 Å². The minimum Gasteiger partial charge on any atom is -0.403 e. The smallest absolute Gasteiger partial charge is 0.403 e. The molecule has 0 radical (unpaired) electrons. The molecule has 5 rings (SSSR count). The highest BCUT2D eigenvalue weighted by atomic mass is 32.2. The van der Waals surface area contributed by atoms with Gasteiger partial charge in [-0.1, -0.05) is 48.0 Å². The topological polar surface area (TPSA) is 105 Å². The largest absolute Gasteiger partial charge is 0.459 e. The van der Waals surface area contributed by atoms with E-state index in [1.165, 1.54) is 0 Å². The fraction of sp³-hybridized carbons (Fsp3) is 0.618. The van der Waals surface area contributed by atoms with E-state index in [2.05, 4.69) is 9.93 Å².